The lowest BCUT2D eigenvalue weighted by molar-refractivity contribution is 0.312. The molecule has 3 aromatic rings. The van der Waals surface area contributed by atoms with E-state index >= 15 is 0 Å². The lowest BCUT2D eigenvalue weighted by Gasteiger charge is -2.33. The molecule has 7 heteroatoms. The largest absolute Gasteiger partial charge is 0.354 e. The molecule has 0 spiro atoms. The molecule has 4 rings (SSSR count). The van der Waals surface area contributed by atoms with Gasteiger partial charge in [-0.15, -0.1) is 5.10 Å². The second-order valence-corrected chi connectivity index (χ2v) is 10.4. The molecule has 2 aromatic heterocycles. The van der Waals surface area contributed by atoms with E-state index in [1.807, 2.05) is 30.8 Å². The lowest BCUT2D eigenvalue weighted by Crippen LogP contribution is -2.44. The molecular formula is C28H37N7. The van der Waals surface area contributed by atoms with Crippen LogP contribution in [0.1, 0.15) is 56.0 Å². The first kappa shape index (κ1) is 24.8. The van der Waals surface area contributed by atoms with Crippen molar-refractivity contribution in [2.45, 2.75) is 46.6 Å². The summed E-state index contributed by atoms with van der Waals surface area (Å²) in [5.41, 5.74) is 5.03. The summed E-state index contributed by atoms with van der Waals surface area (Å²) in [5.74, 6) is 2.51. The number of aromatic nitrogens is 4. The highest BCUT2D eigenvalue weighted by Crippen LogP contribution is 2.24. The smallest absolute Gasteiger partial charge is 0.195 e. The van der Waals surface area contributed by atoms with Gasteiger partial charge >= 0.3 is 0 Å². The van der Waals surface area contributed by atoms with Crippen LogP contribution in [0.15, 0.2) is 54.2 Å². The van der Waals surface area contributed by atoms with Gasteiger partial charge in [-0.25, -0.2) is 19.6 Å². The maximum absolute atomic E-state index is 4.74. The van der Waals surface area contributed by atoms with Gasteiger partial charge < -0.3 is 9.80 Å². The zero-order chi connectivity index (χ0) is 25.2. The third kappa shape index (κ3) is 6.03. The molecule has 35 heavy (non-hydrogen) atoms. The van der Waals surface area contributed by atoms with E-state index in [1.165, 1.54) is 5.56 Å². The molecule has 1 aliphatic rings. The first-order valence-corrected chi connectivity index (χ1v) is 12.3. The molecular weight excluding hydrogens is 434 g/mol. The van der Waals surface area contributed by atoms with Crippen LogP contribution < -0.4 is 4.90 Å². The minimum atomic E-state index is 0.118. The molecule has 1 fully saturated rings. The number of hydrogen-bond acceptors (Lipinski definition) is 6. The van der Waals surface area contributed by atoms with Crippen molar-refractivity contribution in [3.63, 3.8) is 0 Å². The van der Waals surface area contributed by atoms with Crippen molar-refractivity contribution in [3.05, 3.63) is 77.5 Å². The van der Waals surface area contributed by atoms with E-state index in [1.54, 1.807) is 0 Å². The summed E-state index contributed by atoms with van der Waals surface area (Å²) < 4.78 is 1.93. The van der Waals surface area contributed by atoms with Gasteiger partial charge in [-0.3, -0.25) is 0 Å². The quantitative estimate of drug-likeness (QED) is 0.493. The Bertz CT molecular complexity index is 1210. The molecule has 1 aliphatic heterocycles. The summed E-state index contributed by atoms with van der Waals surface area (Å²) in [6.45, 7) is 19.5. The fourth-order valence-corrected chi connectivity index (χ4v) is 4.14. The monoisotopic (exact) mass is 471 g/mol. The van der Waals surface area contributed by atoms with E-state index < -0.39 is 0 Å². The summed E-state index contributed by atoms with van der Waals surface area (Å²) in [4.78, 5) is 18.7. The van der Waals surface area contributed by atoms with Crippen molar-refractivity contribution in [2.75, 3.05) is 38.1 Å². The number of aryl methyl sites for hydroxylation is 1. The summed E-state index contributed by atoms with van der Waals surface area (Å²) in [7, 11) is 2.16. The third-order valence-corrected chi connectivity index (χ3v) is 6.54. The first-order chi connectivity index (χ1) is 16.6. The number of pyridine rings is 1. The van der Waals surface area contributed by atoms with Crippen molar-refractivity contribution >= 4 is 17.2 Å². The average molecular weight is 472 g/mol. The van der Waals surface area contributed by atoms with Gasteiger partial charge in [-0.05, 0) is 55.1 Å². The van der Waals surface area contributed by atoms with Gasteiger partial charge in [0.2, 0.25) is 0 Å². The Hall–Kier alpha value is -3.32. The predicted octanol–water partition coefficient (Wildman–Crippen LogP) is 4.56. The molecule has 0 radical (unpaired) electrons. The molecule has 0 unspecified atom stereocenters. The van der Waals surface area contributed by atoms with Crippen LogP contribution in [-0.4, -0.2) is 63.6 Å². The fourth-order valence-electron chi connectivity index (χ4n) is 4.14. The molecule has 1 saturated heterocycles. The normalized spacial score (nSPS) is 15.5. The van der Waals surface area contributed by atoms with Crippen molar-refractivity contribution in [3.8, 4) is 0 Å². The van der Waals surface area contributed by atoms with Gasteiger partial charge in [-0.1, -0.05) is 51.6 Å². The van der Waals surface area contributed by atoms with Crippen LogP contribution in [-0.2, 0) is 12.0 Å². The number of piperazine rings is 1. The predicted molar refractivity (Wildman–Crippen MR) is 144 cm³/mol. The zero-order valence-electron chi connectivity index (χ0n) is 21.9. The highest BCUT2D eigenvalue weighted by Gasteiger charge is 2.17. The summed E-state index contributed by atoms with van der Waals surface area (Å²) in [5, 5.41) is 4.74. The Balaban J connectivity index is 1.47. The van der Waals surface area contributed by atoms with Gasteiger partial charge in [-0.2, -0.15) is 0 Å². The molecule has 0 aliphatic carbocycles. The summed E-state index contributed by atoms with van der Waals surface area (Å²) in [6, 6.07) is 12.7. The number of likely N-dealkylation sites (N-methyl/N-ethyl adjacent to an activating group) is 1. The molecule has 3 heterocycles. The van der Waals surface area contributed by atoms with E-state index in [-0.39, 0.29) is 5.41 Å². The van der Waals surface area contributed by atoms with Crippen LogP contribution in [0.25, 0.3) is 5.70 Å². The van der Waals surface area contributed by atoms with Crippen molar-refractivity contribution in [2.24, 2.45) is 4.99 Å². The van der Waals surface area contributed by atoms with Gasteiger partial charge in [0.05, 0.1) is 18.0 Å². The average Bonchev–Trinajstić information content (AvgIpc) is 3.19. The number of anilines is 1. The van der Waals surface area contributed by atoms with Crippen LogP contribution >= 0.6 is 0 Å². The molecule has 0 bridgehead atoms. The minimum absolute atomic E-state index is 0.118. The van der Waals surface area contributed by atoms with E-state index in [0.29, 0.717) is 18.1 Å². The Morgan fingerprint density at radius 1 is 1.06 bits per heavy atom. The zero-order valence-corrected chi connectivity index (χ0v) is 21.9. The van der Waals surface area contributed by atoms with Crippen LogP contribution in [0.3, 0.4) is 0 Å². The Morgan fingerprint density at radius 3 is 2.40 bits per heavy atom. The Labute approximate surface area is 209 Å². The van der Waals surface area contributed by atoms with Crippen LogP contribution in [0.5, 0.6) is 0 Å². The third-order valence-electron chi connectivity index (χ3n) is 6.54. The van der Waals surface area contributed by atoms with E-state index in [2.05, 4.69) is 84.5 Å². The maximum atomic E-state index is 4.74. The van der Waals surface area contributed by atoms with E-state index in [0.717, 1.165) is 54.7 Å². The summed E-state index contributed by atoms with van der Waals surface area (Å²) >= 11 is 0. The fraction of sp³-hybridized carbons (Fsp3) is 0.429. The van der Waals surface area contributed by atoms with Crippen molar-refractivity contribution in [1.82, 2.24) is 24.6 Å². The Kier molecular flexibility index (Phi) is 7.17. The minimum Gasteiger partial charge on any atom is -0.354 e. The highest BCUT2D eigenvalue weighted by molar-refractivity contribution is 5.98. The van der Waals surface area contributed by atoms with E-state index in [9.17, 15) is 0 Å². The first-order valence-electron chi connectivity index (χ1n) is 12.3. The number of aliphatic imine (C=N–C) groups is 1. The van der Waals surface area contributed by atoms with Gasteiger partial charge in [0.1, 0.15) is 11.6 Å². The standard InChI is InChI=1S/C28H37N7/c1-20(24-8-10-25(11-9-24)28(4,5)6)30-21(2)27-31-22(3)35(32-27)19-23-12-13-29-26(18-23)34-16-14-33(7)15-17-34/h8-13,18H,1,14-17,19H2,2-7H3/b30-21+. The number of hydrogen-bond donors (Lipinski definition) is 0. The van der Waals surface area contributed by atoms with Crippen LogP contribution in [0, 0.1) is 6.92 Å². The second kappa shape index (κ2) is 10.1. The number of benzene rings is 1. The molecule has 0 N–H and O–H groups in total. The maximum Gasteiger partial charge on any atom is 0.195 e. The Morgan fingerprint density at radius 2 is 1.74 bits per heavy atom. The topological polar surface area (TPSA) is 62.4 Å². The lowest BCUT2D eigenvalue weighted by atomic mass is 9.86. The number of nitrogens with zero attached hydrogens (tertiary/aromatic N) is 7. The second-order valence-electron chi connectivity index (χ2n) is 10.4. The van der Waals surface area contributed by atoms with Crippen LogP contribution in [0.2, 0.25) is 0 Å². The highest BCUT2D eigenvalue weighted by atomic mass is 15.3. The molecule has 1 aromatic carbocycles. The van der Waals surface area contributed by atoms with Gasteiger partial charge in [0.25, 0.3) is 0 Å². The molecule has 184 valence electrons. The van der Waals surface area contributed by atoms with Crippen LogP contribution in [0.4, 0.5) is 5.82 Å². The van der Waals surface area contributed by atoms with Crippen molar-refractivity contribution in [1.29, 1.82) is 0 Å². The molecule has 7 nitrogen and oxygen atoms in total. The number of rotatable bonds is 6. The van der Waals surface area contributed by atoms with Crippen molar-refractivity contribution < 1.29 is 0 Å². The molecule has 0 atom stereocenters. The van der Waals surface area contributed by atoms with E-state index in [4.69, 9.17) is 10.1 Å². The summed E-state index contributed by atoms with van der Waals surface area (Å²) in [6.07, 6.45) is 1.89. The SMILES string of the molecule is C=C(/N=C(\C)c1nc(C)n(Cc2ccnc(N3CCN(C)CC3)c2)n1)c1ccc(C(C)(C)C)cc1. The van der Waals surface area contributed by atoms with Gasteiger partial charge in [0, 0.05) is 32.4 Å². The molecule has 0 saturated carbocycles. The van der Waals surface area contributed by atoms with Gasteiger partial charge in [0.15, 0.2) is 5.82 Å². The molecule has 0 amide bonds.